The number of hydrogen-bond donors (Lipinski definition) is 2. The Hall–Kier alpha value is -0.970. The van der Waals surface area contributed by atoms with Crippen molar-refractivity contribution in [2.75, 3.05) is 11.9 Å². The standard InChI is InChI=1S/C30H49Cl2NO3/c1-3-4-5-6-7-8-9-10-11-12-13-14-15-17-24-18-16-19-25(20-24)36-22-28(34)33-27-21-26(31)23(2)29(32)30(27)35/h21,24-25,35H,3-20,22H2,1-2H3,(H,33,34). The van der Waals surface area contributed by atoms with Crippen molar-refractivity contribution in [2.24, 2.45) is 5.92 Å². The average Bonchev–Trinajstić information content (AvgIpc) is 2.87. The number of unbranched alkanes of at least 4 members (excludes halogenated alkanes) is 12. The second-order valence-corrected chi connectivity index (χ2v) is 11.5. The summed E-state index contributed by atoms with van der Waals surface area (Å²) in [5.74, 6) is 0.237. The Morgan fingerprint density at radius 2 is 1.56 bits per heavy atom. The molecule has 2 rings (SSSR count). The number of benzene rings is 1. The van der Waals surface area contributed by atoms with E-state index in [0.29, 0.717) is 16.5 Å². The van der Waals surface area contributed by atoms with Crippen LogP contribution in [0, 0.1) is 12.8 Å². The maximum absolute atomic E-state index is 12.4. The molecule has 1 aromatic rings. The Morgan fingerprint density at radius 3 is 2.17 bits per heavy atom. The van der Waals surface area contributed by atoms with E-state index in [1.807, 2.05) is 0 Å². The van der Waals surface area contributed by atoms with Crippen molar-refractivity contribution in [1.29, 1.82) is 0 Å². The van der Waals surface area contributed by atoms with Crippen LogP contribution in [0.4, 0.5) is 5.69 Å². The molecule has 6 heteroatoms. The molecule has 1 amide bonds. The SMILES string of the molecule is CCCCCCCCCCCCCCCC1CCCC(OCC(=O)Nc2cc(Cl)c(C)c(Cl)c2O)C1. The van der Waals surface area contributed by atoms with Crippen LogP contribution in [0.1, 0.15) is 128 Å². The smallest absolute Gasteiger partial charge is 0.250 e. The van der Waals surface area contributed by atoms with Crippen molar-refractivity contribution in [3.8, 4) is 5.75 Å². The lowest BCUT2D eigenvalue weighted by molar-refractivity contribution is -0.123. The Labute approximate surface area is 229 Å². The van der Waals surface area contributed by atoms with Gasteiger partial charge in [-0.1, -0.05) is 133 Å². The number of carbonyl (C=O) groups excluding carboxylic acids is 1. The van der Waals surface area contributed by atoms with E-state index >= 15 is 0 Å². The first-order chi connectivity index (χ1) is 17.4. The van der Waals surface area contributed by atoms with Gasteiger partial charge < -0.3 is 15.2 Å². The normalized spacial score (nSPS) is 17.9. The number of amides is 1. The van der Waals surface area contributed by atoms with Gasteiger partial charge in [-0.2, -0.15) is 0 Å². The number of anilines is 1. The molecule has 0 aliphatic heterocycles. The molecule has 206 valence electrons. The van der Waals surface area contributed by atoms with Gasteiger partial charge in [-0.05, 0) is 37.3 Å². The quantitative estimate of drug-likeness (QED) is 0.143. The van der Waals surface area contributed by atoms with E-state index in [2.05, 4.69) is 12.2 Å². The molecular weight excluding hydrogens is 493 g/mol. The second-order valence-electron chi connectivity index (χ2n) is 10.7. The molecule has 2 N–H and O–H groups in total. The molecule has 2 unspecified atom stereocenters. The van der Waals surface area contributed by atoms with Gasteiger partial charge in [-0.3, -0.25) is 4.79 Å². The van der Waals surface area contributed by atoms with Gasteiger partial charge in [-0.25, -0.2) is 0 Å². The van der Waals surface area contributed by atoms with E-state index in [0.717, 1.165) is 12.8 Å². The van der Waals surface area contributed by atoms with Crippen LogP contribution in [0.25, 0.3) is 0 Å². The molecule has 1 aromatic carbocycles. The highest BCUT2D eigenvalue weighted by Gasteiger charge is 2.23. The van der Waals surface area contributed by atoms with Gasteiger partial charge in [-0.15, -0.1) is 0 Å². The average molecular weight is 543 g/mol. The Kier molecular flexibility index (Phi) is 15.9. The molecule has 1 aliphatic carbocycles. The highest BCUT2D eigenvalue weighted by atomic mass is 35.5. The number of phenols is 1. The number of hydrogen-bond acceptors (Lipinski definition) is 3. The van der Waals surface area contributed by atoms with Gasteiger partial charge in [0.05, 0.1) is 16.8 Å². The number of nitrogens with one attached hydrogen (secondary N) is 1. The largest absolute Gasteiger partial charge is 0.504 e. The monoisotopic (exact) mass is 541 g/mol. The van der Waals surface area contributed by atoms with Crippen LogP contribution >= 0.6 is 23.2 Å². The van der Waals surface area contributed by atoms with Crippen LogP contribution in [-0.4, -0.2) is 23.7 Å². The van der Waals surface area contributed by atoms with Gasteiger partial charge in [0.2, 0.25) is 5.91 Å². The van der Waals surface area contributed by atoms with E-state index in [1.165, 1.54) is 109 Å². The zero-order valence-electron chi connectivity index (χ0n) is 22.7. The zero-order chi connectivity index (χ0) is 26.2. The number of phenolic OH excluding ortho intramolecular Hbond substituents is 1. The molecular formula is C30H49Cl2NO3. The van der Waals surface area contributed by atoms with Crippen LogP contribution in [0.3, 0.4) is 0 Å². The van der Waals surface area contributed by atoms with Gasteiger partial charge in [0.25, 0.3) is 0 Å². The topological polar surface area (TPSA) is 58.6 Å². The zero-order valence-corrected chi connectivity index (χ0v) is 24.2. The molecule has 0 saturated heterocycles. The summed E-state index contributed by atoms with van der Waals surface area (Å²) in [5, 5.41) is 13.4. The fourth-order valence-corrected chi connectivity index (χ4v) is 5.74. The third-order valence-electron chi connectivity index (χ3n) is 7.60. The highest BCUT2D eigenvalue weighted by molar-refractivity contribution is 6.37. The summed E-state index contributed by atoms with van der Waals surface area (Å²) >= 11 is 12.2. The third kappa shape index (κ3) is 12.0. The predicted octanol–water partition coefficient (Wildman–Crippen LogP) is 10.0. The molecule has 1 saturated carbocycles. The Bertz CT molecular complexity index is 771. The van der Waals surface area contributed by atoms with Crippen LogP contribution < -0.4 is 5.32 Å². The molecule has 0 radical (unpaired) electrons. The van der Waals surface area contributed by atoms with Crippen LogP contribution in [0.15, 0.2) is 6.07 Å². The molecule has 36 heavy (non-hydrogen) atoms. The van der Waals surface area contributed by atoms with Crippen molar-refractivity contribution in [2.45, 2.75) is 136 Å². The third-order valence-corrected chi connectivity index (χ3v) is 8.45. The first-order valence-corrected chi connectivity index (χ1v) is 15.3. The summed E-state index contributed by atoms with van der Waals surface area (Å²) in [6, 6.07) is 1.52. The fraction of sp³-hybridized carbons (Fsp3) is 0.767. The molecule has 1 fully saturated rings. The van der Waals surface area contributed by atoms with Crippen molar-refractivity contribution in [3.63, 3.8) is 0 Å². The second kappa shape index (κ2) is 18.3. The van der Waals surface area contributed by atoms with E-state index in [1.54, 1.807) is 6.92 Å². The lowest BCUT2D eigenvalue weighted by Gasteiger charge is -2.29. The Morgan fingerprint density at radius 1 is 0.972 bits per heavy atom. The number of aromatic hydroxyl groups is 1. The minimum atomic E-state index is -0.306. The Balaban J connectivity index is 1.52. The molecule has 4 nitrogen and oxygen atoms in total. The number of halogens is 2. The van der Waals surface area contributed by atoms with E-state index in [9.17, 15) is 9.90 Å². The minimum absolute atomic E-state index is 0.0291. The molecule has 0 heterocycles. The lowest BCUT2D eigenvalue weighted by Crippen LogP contribution is -2.27. The van der Waals surface area contributed by atoms with Crippen LogP contribution in [-0.2, 0) is 9.53 Å². The fourth-order valence-electron chi connectivity index (χ4n) is 5.29. The summed E-state index contributed by atoms with van der Waals surface area (Å²) in [6.07, 6.45) is 24.0. The highest BCUT2D eigenvalue weighted by Crippen LogP contribution is 2.38. The summed E-state index contributed by atoms with van der Waals surface area (Å²) in [6.45, 7) is 3.97. The summed E-state index contributed by atoms with van der Waals surface area (Å²) < 4.78 is 5.93. The molecule has 0 aromatic heterocycles. The number of carbonyl (C=O) groups is 1. The van der Waals surface area contributed by atoms with Gasteiger partial charge in [0.15, 0.2) is 5.75 Å². The molecule has 0 spiro atoms. The van der Waals surface area contributed by atoms with Crippen LogP contribution in [0.5, 0.6) is 5.75 Å². The lowest BCUT2D eigenvalue weighted by atomic mass is 9.84. The molecule has 2 atom stereocenters. The number of rotatable bonds is 18. The van der Waals surface area contributed by atoms with Crippen molar-refractivity contribution < 1.29 is 14.6 Å². The van der Waals surface area contributed by atoms with Crippen LogP contribution in [0.2, 0.25) is 10.0 Å². The van der Waals surface area contributed by atoms with Crippen molar-refractivity contribution >= 4 is 34.8 Å². The van der Waals surface area contributed by atoms with Crippen molar-refractivity contribution in [3.05, 3.63) is 21.7 Å². The maximum Gasteiger partial charge on any atom is 0.250 e. The minimum Gasteiger partial charge on any atom is -0.504 e. The maximum atomic E-state index is 12.4. The van der Waals surface area contributed by atoms with E-state index in [-0.39, 0.29) is 35.1 Å². The molecule has 1 aliphatic rings. The first kappa shape index (κ1) is 31.2. The summed E-state index contributed by atoms with van der Waals surface area (Å²) in [4.78, 5) is 12.4. The molecule has 0 bridgehead atoms. The van der Waals surface area contributed by atoms with E-state index in [4.69, 9.17) is 27.9 Å². The summed E-state index contributed by atoms with van der Waals surface area (Å²) in [7, 11) is 0. The van der Waals surface area contributed by atoms with Gasteiger partial charge >= 0.3 is 0 Å². The summed E-state index contributed by atoms with van der Waals surface area (Å²) in [5.41, 5.74) is 0.801. The van der Waals surface area contributed by atoms with Gasteiger partial charge in [0, 0.05) is 5.02 Å². The van der Waals surface area contributed by atoms with E-state index < -0.39 is 0 Å². The van der Waals surface area contributed by atoms with Crippen molar-refractivity contribution in [1.82, 2.24) is 0 Å². The predicted molar refractivity (Wildman–Crippen MR) is 154 cm³/mol. The van der Waals surface area contributed by atoms with Gasteiger partial charge in [0.1, 0.15) is 6.61 Å². The first-order valence-electron chi connectivity index (χ1n) is 14.5. The number of ether oxygens (including phenoxy) is 1.